The molecule has 1 aromatic rings. The van der Waals surface area contributed by atoms with E-state index in [1.165, 1.54) is 12.1 Å². The summed E-state index contributed by atoms with van der Waals surface area (Å²) in [5.41, 5.74) is 6.50. The molecular weight excluding hydrogens is 305 g/mol. The SMILES string of the molecule is CC(c1ccc(F)cc1)N1CCCC(C(=O)NCCN)C1.Cl. The number of halogens is 2. The normalized spacial score (nSPS) is 20.0. The van der Waals surface area contributed by atoms with E-state index in [9.17, 15) is 9.18 Å². The highest BCUT2D eigenvalue weighted by Crippen LogP contribution is 2.26. The zero-order chi connectivity index (χ0) is 15.2. The summed E-state index contributed by atoms with van der Waals surface area (Å²) in [7, 11) is 0. The van der Waals surface area contributed by atoms with Gasteiger partial charge in [0.05, 0.1) is 5.92 Å². The predicted octanol–water partition coefficient (Wildman–Crippen LogP) is 2.10. The number of rotatable bonds is 5. The lowest BCUT2D eigenvalue weighted by molar-refractivity contribution is -0.126. The molecule has 0 saturated carbocycles. The maximum Gasteiger partial charge on any atom is 0.224 e. The Hall–Kier alpha value is -1.17. The van der Waals surface area contributed by atoms with Crippen molar-refractivity contribution in [1.29, 1.82) is 0 Å². The van der Waals surface area contributed by atoms with Crippen LogP contribution >= 0.6 is 12.4 Å². The lowest BCUT2D eigenvalue weighted by Gasteiger charge is -2.36. The van der Waals surface area contributed by atoms with Gasteiger partial charge in [0.25, 0.3) is 0 Å². The van der Waals surface area contributed by atoms with Crippen LogP contribution in [0.5, 0.6) is 0 Å². The highest BCUT2D eigenvalue weighted by Gasteiger charge is 2.28. The van der Waals surface area contributed by atoms with E-state index >= 15 is 0 Å². The summed E-state index contributed by atoms with van der Waals surface area (Å²) in [6.07, 6.45) is 1.93. The smallest absolute Gasteiger partial charge is 0.224 e. The first kappa shape index (κ1) is 18.9. The quantitative estimate of drug-likeness (QED) is 0.869. The molecule has 3 N–H and O–H groups in total. The van der Waals surface area contributed by atoms with Crippen LogP contribution in [-0.4, -0.2) is 37.0 Å². The molecule has 2 rings (SSSR count). The number of nitrogens with one attached hydrogen (secondary N) is 1. The summed E-state index contributed by atoms with van der Waals surface area (Å²) < 4.78 is 13.0. The van der Waals surface area contributed by atoms with Crippen molar-refractivity contribution >= 4 is 18.3 Å². The Morgan fingerprint density at radius 3 is 2.77 bits per heavy atom. The topological polar surface area (TPSA) is 58.4 Å². The fourth-order valence-corrected chi connectivity index (χ4v) is 2.86. The lowest BCUT2D eigenvalue weighted by atomic mass is 9.94. The number of amides is 1. The van der Waals surface area contributed by atoms with Crippen LogP contribution in [0.3, 0.4) is 0 Å². The minimum absolute atomic E-state index is 0. The molecule has 2 atom stereocenters. The van der Waals surface area contributed by atoms with Crippen molar-refractivity contribution in [3.63, 3.8) is 0 Å². The van der Waals surface area contributed by atoms with Crippen LogP contribution < -0.4 is 11.1 Å². The van der Waals surface area contributed by atoms with Gasteiger partial charge in [-0.15, -0.1) is 12.4 Å². The Kier molecular flexibility index (Phi) is 7.79. The van der Waals surface area contributed by atoms with Gasteiger partial charge in [-0.3, -0.25) is 9.69 Å². The third kappa shape index (κ3) is 4.93. The van der Waals surface area contributed by atoms with Crippen molar-refractivity contribution in [2.24, 2.45) is 11.7 Å². The molecule has 1 amide bonds. The summed E-state index contributed by atoms with van der Waals surface area (Å²) in [4.78, 5) is 14.4. The summed E-state index contributed by atoms with van der Waals surface area (Å²) in [6, 6.07) is 6.80. The van der Waals surface area contributed by atoms with Crippen molar-refractivity contribution in [3.05, 3.63) is 35.6 Å². The summed E-state index contributed by atoms with van der Waals surface area (Å²) in [5.74, 6) is -0.103. The number of nitrogens with two attached hydrogens (primary N) is 1. The molecule has 6 heteroatoms. The van der Waals surface area contributed by atoms with Crippen molar-refractivity contribution < 1.29 is 9.18 Å². The van der Waals surface area contributed by atoms with Gasteiger partial charge in [0.1, 0.15) is 5.82 Å². The van der Waals surface area contributed by atoms with Gasteiger partial charge in [-0.25, -0.2) is 4.39 Å². The van der Waals surface area contributed by atoms with E-state index in [4.69, 9.17) is 5.73 Å². The van der Waals surface area contributed by atoms with Gasteiger partial charge in [0.15, 0.2) is 0 Å². The van der Waals surface area contributed by atoms with Gasteiger partial charge < -0.3 is 11.1 Å². The molecule has 22 heavy (non-hydrogen) atoms. The fraction of sp³-hybridized carbons (Fsp3) is 0.562. The second kappa shape index (κ2) is 9.08. The lowest BCUT2D eigenvalue weighted by Crippen LogP contribution is -2.44. The number of likely N-dealkylation sites (tertiary alicyclic amines) is 1. The fourth-order valence-electron chi connectivity index (χ4n) is 2.86. The molecule has 1 heterocycles. The maximum atomic E-state index is 13.0. The monoisotopic (exact) mass is 329 g/mol. The largest absolute Gasteiger partial charge is 0.355 e. The van der Waals surface area contributed by atoms with Gasteiger partial charge in [0, 0.05) is 25.7 Å². The molecule has 1 aliphatic rings. The number of benzene rings is 1. The third-order valence-electron chi connectivity index (χ3n) is 4.17. The minimum Gasteiger partial charge on any atom is -0.355 e. The Morgan fingerprint density at radius 1 is 1.45 bits per heavy atom. The van der Waals surface area contributed by atoms with Gasteiger partial charge in [-0.2, -0.15) is 0 Å². The number of nitrogens with zero attached hydrogens (tertiary/aromatic N) is 1. The van der Waals surface area contributed by atoms with Crippen LogP contribution in [-0.2, 0) is 4.79 Å². The minimum atomic E-state index is -0.219. The van der Waals surface area contributed by atoms with E-state index in [1.807, 2.05) is 12.1 Å². The highest BCUT2D eigenvalue weighted by molar-refractivity contribution is 5.85. The van der Waals surface area contributed by atoms with E-state index in [1.54, 1.807) is 0 Å². The first-order valence-corrected chi connectivity index (χ1v) is 7.59. The average molecular weight is 330 g/mol. The first-order valence-electron chi connectivity index (χ1n) is 7.59. The van der Waals surface area contributed by atoms with Crippen LogP contribution in [0, 0.1) is 11.7 Å². The molecule has 1 aromatic carbocycles. The molecule has 0 aromatic heterocycles. The zero-order valence-electron chi connectivity index (χ0n) is 12.9. The van der Waals surface area contributed by atoms with Crippen molar-refractivity contribution in [1.82, 2.24) is 10.2 Å². The van der Waals surface area contributed by atoms with Crippen LogP contribution in [0.4, 0.5) is 4.39 Å². The zero-order valence-corrected chi connectivity index (χ0v) is 13.7. The molecule has 0 bridgehead atoms. The summed E-state index contributed by atoms with van der Waals surface area (Å²) >= 11 is 0. The standard InChI is InChI=1S/C16H24FN3O.ClH/c1-12(13-4-6-15(17)7-5-13)20-10-2-3-14(11-20)16(21)19-9-8-18;/h4-7,12,14H,2-3,8-11,18H2,1H3,(H,19,21);1H. The maximum absolute atomic E-state index is 13.0. The van der Waals surface area contributed by atoms with Gasteiger partial charge in [-0.1, -0.05) is 12.1 Å². The van der Waals surface area contributed by atoms with E-state index in [0.717, 1.165) is 31.5 Å². The molecule has 2 unspecified atom stereocenters. The van der Waals surface area contributed by atoms with Gasteiger partial charge in [0.2, 0.25) is 5.91 Å². The number of carbonyl (C=O) groups is 1. The number of hydrogen-bond donors (Lipinski definition) is 2. The van der Waals surface area contributed by atoms with Gasteiger partial charge >= 0.3 is 0 Å². The molecule has 1 saturated heterocycles. The van der Waals surface area contributed by atoms with Crippen LogP contribution in [0.1, 0.15) is 31.4 Å². The molecule has 0 aliphatic carbocycles. The molecule has 1 fully saturated rings. The van der Waals surface area contributed by atoms with E-state index < -0.39 is 0 Å². The van der Waals surface area contributed by atoms with Crippen molar-refractivity contribution in [3.8, 4) is 0 Å². The molecule has 1 aliphatic heterocycles. The van der Waals surface area contributed by atoms with Crippen molar-refractivity contribution in [2.75, 3.05) is 26.2 Å². The third-order valence-corrected chi connectivity index (χ3v) is 4.17. The van der Waals surface area contributed by atoms with Crippen LogP contribution in [0.2, 0.25) is 0 Å². The van der Waals surface area contributed by atoms with Crippen LogP contribution in [0.15, 0.2) is 24.3 Å². The summed E-state index contributed by atoms with van der Waals surface area (Å²) in [5, 5.41) is 2.87. The van der Waals surface area contributed by atoms with Crippen LogP contribution in [0.25, 0.3) is 0 Å². The number of hydrogen-bond acceptors (Lipinski definition) is 3. The molecular formula is C16H25ClFN3O. The predicted molar refractivity (Wildman–Crippen MR) is 88.4 cm³/mol. The molecule has 0 spiro atoms. The van der Waals surface area contributed by atoms with E-state index in [-0.39, 0.29) is 36.1 Å². The number of piperidine rings is 1. The molecule has 4 nitrogen and oxygen atoms in total. The van der Waals surface area contributed by atoms with Crippen molar-refractivity contribution in [2.45, 2.75) is 25.8 Å². The molecule has 0 radical (unpaired) electrons. The Balaban J connectivity index is 0.00000242. The van der Waals surface area contributed by atoms with E-state index in [2.05, 4.69) is 17.1 Å². The van der Waals surface area contributed by atoms with Gasteiger partial charge in [-0.05, 0) is 44.0 Å². The van der Waals surface area contributed by atoms with E-state index in [0.29, 0.717) is 13.1 Å². The average Bonchev–Trinajstić information content (AvgIpc) is 2.52. The second-order valence-electron chi connectivity index (χ2n) is 5.64. The second-order valence-corrected chi connectivity index (χ2v) is 5.64. The Morgan fingerprint density at radius 2 is 2.14 bits per heavy atom. The molecule has 124 valence electrons. The number of carbonyl (C=O) groups excluding carboxylic acids is 1. The summed E-state index contributed by atoms with van der Waals surface area (Å²) in [6.45, 7) is 4.82. The Bertz CT molecular complexity index is 469. The Labute approximate surface area is 137 Å². The highest BCUT2D eigenvalue weighted by atomic mass is 35.5. The first-order chi connectivity index (χ1) is 10.1.